The zero-order chi connectivity index (χ0) is 23.7. The van der Waals surface area contributed by atoms with Crippen LogP contribution in [0.15, 0.2) is 42.0 Å². The minimum Gasteiger partial charge on any atom is -0.490 e. The molecular formula is C22H20ClN3O6. The molecule has 0 saturated carbocycles. The smallest absolute Gasteiger partial charge is 0.337 e. The lowest BCUT2D eigenvalue weighted by molar-refractivity contribution is -0.120. The van der Waals surface area contributed by atoms with Crippen molar-refractivity contribution in [3.63, 3.8) is 0 Å². The third-order valence-electron chi connectivity index (χ3n) is 3.93. The predicted octanol–water partition coefficient (Wildman–Crippen LogP) is 2.94. The highest BCUT2D eigenvalue weighted by Crippen LogP contribution is 2.37. The first-order valence-corrected chi connectivity index (χ1v) is 9.65. The van der Waals surface area contributed by atoms with E-state index in [9.17, 15) is 19.6 Å². The van der Waals surface area contributed by atoms with Gasteiger partial charge < -0.3 is 25.3 Å². The molecule has 2 rings (SSSR count). The van der Waals surface area contributed by atoms with Crippen LogP contribution in [0.4, 0.5) is 5.69 Å². The van der Waals surface area contributed by atoms with E-state index in [-0.39, 0.29) is 28.7 Å². The lowest BCUT2D eigenvalue weighted by Gasteiger charge is -2.13. The van der Waals surface area contributed by atoms with Crippen molar-refractivity contribution in [2.75, 3.05) is 25.6 Å². The van der Waals surface area contributed by atoms with Gasteiger partial charge in [0.05, 0.1) is 24.3 Å². The second kappa shape index (κ2) is 11.4. The highest BCUT2D eigenvalue weighted by atomic mass is 35.5. The highest BCUT2D eigenvalue weighted by Gasteiger charge is 2.15. The molecule has 0 spiro atoms. The third-order valence-corrected chi connectivity index (χ3v) is 4.21. The number of nitriles is 1. The number of carbonyl (C=O) groups excluding carboxylic acids is 3. The number of hydrogen-bond acceptors (Lipinski definition) is 7. The molecule has 0 bridgehead atoms. The summed E-state index contributed by atoms with van der Waals surface area (Å²) in [6, 6.07) is 10.8. The Morgan fingerprint density at radius 3 is 2.44 bits per heavy atom. The molecule has 0 aliphatic rings. The Bertz CT molecular complexity index is 1090. The van der Waals surface area contributed by atoms with Crippen LogP contribution in [0.2, 0.25) is 5.02 Å². The van der Waals surface area contributed by atoms with E-state index in [1.54, 1.807) is 6.92 Å². The molecule has 0 aliphatic carbocycles. The van der Waals surface area contributed by atoms with Crippen LogP contribution in [-0.2, 0) is 14.3 Å². The van der Waals surface area contributed by atoms with Gasteiger partial charge in [-0.15, -0.1) is 0 Å². The molecular weight excluding hydrogens is 438 g/mol. The van der Waals surface area contributed by atoms with Crippen LogP contribution in [0.5, 0.6) is 11.5 Å². The first-order valence-electron chi connectivity index (χ1n) is 9.28. The van der Waals surface area contributed by atoms with Crippen molar-refractivity contribution in [2.45, 2.75) is 6.92 Å². The lowest BCUT2D eigenvalue weighted by atomic mass is 10.1. The van der Waals surface area contributed by atoms with Gasteiger partial charge in [0.2, 0.25) is 0 Å². The molecule has 0 unspecified atom stereocenters. The summed E-state index contributed by atoms with van der Waals surface area (Å²) >= 11 is 6.23. The number of carbonyl (C=O) groups is 3. The monoisotopic (exact) mass is 457 g/mol. The van der Waals surface area contributed by atoms with E-state index in [0.29, 0.717) is 16.8 Å². The van der Waals surface area contributed by atoms with Crippen LogP contribution in [0, 0.1) is 11.3 Å². The maximum Gasteiger partial charge on any atom is 0.337 e. The number of methoxy groups -OCH3 is 1. The number of nitrogens with one attached hydrogen (secondary N) is 1. The number of benzene rings is 2. The molecule has 166 valence electrons. The van der Waals surface area contributed by atoms with E-state index in [1.807, 2.05) is 6.07 Å². The maximum atomic E-state index is 12.5. The summed E-state index contributed by atoms with van der Waals surface area (Å²) in [6.07, 6.45) is 1.32. The molecule has 2 aromatic carbocycles. The number of hydrogen-bond donors (Lipinski definition) is 2. The fraction of sp³-hybridized carbons (Fsp3) is 0.182. The number of anilines is 1. The number of rotatable bonds is 9. The first kappa shape index (κ1) is 24.2. The average Bonchev–Trinajstić information content (AvgIpc) is 2.76. The molecule has 0 saturated heterocycles. The maximum absolute atomic E-state index is 12.5. The molecule has 2 aromatic rings. The van der Waals surface area contributed by atoms with Crippen molar-refractivity contribution in [3.8, 4) is 17.6 Å². The Morgan fingerprint density at radius 1 is 1.19 bits per heavy atom. The Labute approximate surface area is 189 Å². The lowest BCUT2D eigenvalue weighted by Crippen LogP contribution is -2.20. The standard InChI is InChI=1S/C22H20ClN3O6/c1-3-31-18-10-13(9-17(23)20(18)32-12-19(25)27)8-15(11-24)21(28)26-16-6-4-14(5-7-16)22(29)30-2/h4-10H,3,12H2,1-2H3,(H2,25,27)(H,26,28)/b15-8+. The average molecular weight is 458 g/mol. The highest BCUT2D eigenvalue weighted by molar-refractivity contribution is 6.32. The van der Waals surface area contributed by atoms with Crippen molar-refractivity contribution < 1.29 is 28.6 Å². The van der Waals surface area contributed by atoms with Crippen molar-refractivity contribution in [1.82, 2.24) is 0 Å². The van der Waals surface area contributed by atoms with Crippen molar-refractivity contribution >= 4 is 41.1 Å². The van der Waals surface area contributed by atoms with E-state index in [4.69, 9.17) is 26.8 Å². The zero-order valence-electron chi connectivity index (χ0n) is 17.3. The van der Waals surface area contributed by atoms with E-state index in [2.05, 4.69) is 10.1 Å². The summed E-state index contributed by atoms with van der Waals surface area (Å²) in [7, 11) is 1.27. The fourth-order valence-corrected chi connectivity index (χ4v) is 2.81. The Hall–Kier alpha value is -4.03. The molecule has 0 radical (unpaired) electrons. The number of esters is 1. The topological polar surface area (TPSA) is 141 Å². The van der Waals surface area contributed by atoms with Gasteiger partial charge in [0, 0.05) is 5.69 Å². The van der Waals surface area contributed by atoms with Gasteiger partial charge in [-0.3, -0.25) is 9.59 Å². The van der Waals surface area contributed by atoms with Gasteiger partial charge in [-0.2, -0.15) is 5.26 Å². The van der Waals surface area contributed by atoms with Gasteiger partial charge in [-0.25, -0.2) is 4.79 Å². The largest absolute Gasteiger partial charge is 0.490 e. The minimum atomic E-state index is -0.685. The number of nitrogens with zero attached hydrogens (tertiary/aromatic N) is 1. The molecule has 9 nitrogen and oxygen atoms in total. The van der Waals surface area contributed by atoms with Crippen molar-refractivity contribution in [3.05, 3.63) is 58.1 Å². The number of nitrogens with two attached hydrogens (primary N) is 1. The normalized spacial score (nSPS) is 10.6. The van der Waals surface area contributed by atoms with E-state index >= 15 is 0 Å². The van der Waals surface area contributed by atoms with Crippen LogP contribution in [0.1, 0.15) is 22.8 Å². The Morgan fingerprint density at radius 2 is 1.88 bits per heavy atom. The van der Waals surface area contributed by atoms with Gasteiger partial charge >= 0.3 is 5.97 Å². The number of halogens is 1. The predicted molar refractivity (Wildman–Crippen MR) is 117 cm³/mol. The summed E-state index contributed by atoms with van der Waals surface area (Å²) in [5, 5.41) is 12.1. The second-order valence-electron chi connectivity index (χ2n) is 6.21. The summed E-state index contributed by atoms with van der Waals surface area (Å²) in [6.45, 7) is 1.63. The molecule has 3 N–H and O–H groups in total. The fourth-order valence-electron chi connectivity index (χ4n) is 2.54. The quantitative estimate of drug-likeness (QED) is 0.335. The number of primary amides is 1. The third kappa shape index (κ3) is 6.48. The Kier molecular flexibility index (Phi) is 8.63. The summed E-state index contributed by atoms with van der Waals surface area (Å²) in [4.78, 5) is 35.0. The van der Waals surface area contributed by atoms with Crippen molar-refractivity contribution in [1.29, 1.82) is 5.26 Å². The van der Waals surface area contributed by atoms with Gasteiger partial charge in [0.1, 0.15) is 11.6 Å². The SMILES string of the molecule is CCOc1cc(/C=C(\C#N)C(=O)Nc2ccc(C(=O)OC)cc2)cc(Cl)c1OCC(N)=O. The molecule has 0 heterocycles. The van der Waals surface area contributed by atoms with Gasteiger partial charge in [0.15, 0.2) is 18.1 Å². The molecule has 2 amide bonds. The molecule has 0 aliphatic heterocycles. The van der Waals surface area contributed by atoms with E-state index in [0.717, 1.165) is 0 Å². The van der Waals surface area contributed by atoms with Gasteiger partial charge in [-0.1, -0.05) is 11.6 Å². The van der Waals surface area contributed by atoms with E-state index in [1.165, 1.54) is 49.6 Å². The summed E-state index contributed by atoms with van der Waals surface area (Å²) < 4.78 is 15.4. The van der Waals surface area contributed by atoms with Crippen LogP contribution in [0.25, 0.3) is 6.08 Å². The van der Waals surface area contributed by atoms with Crippen LogP contribution in [0.3, 0.4) is 0 Å². The van der Waals surface area contributed by atoms with Crippen LogP contribution >= 0.6 is 11.6 Å². The zero-order valence-corrected chi connectivity index (χ0v) is 18.1. The summed E-state index contributed by atoms with van der Waals surface area (Å²) in [5.41, 5.74) is 5.99. The Balaban J connectivity index is 2.27. The number of ether oxygens (including phenoxy) is 3. The molecule has 0 fully saturated rings. The molecule has 32 heavy (non-hydrogen) atoms. The van der Waals surface area contributed by atoms with Crippen LogP contribution < -0.4 is 20.5 Å². The molecule has 0 aromatic heterocycles. The summed E-state index contributed by atoms with van der Waals surface area (Å²) in [5.74, 6) is -1.51. The van der Waals surface area contributed by atoms with Crippen molar-refractivity contribution in [2.24, 2.45) is 5.73 Å². The molecule has 0 atom stereocenters. The molecule has 10 heteroatoms. The van der Waals surface area contributed by atoms with Gasteiger partial charge in [-0.05, 0) is 55.0 Å². The van der Waals surface area contributed by atoms with Gasteiger partial charge in [0.25, 0.3) is 11.8 Å². The van der Waals surface area contributed by atoms with E-state index < -0.39 is 24.4 Å². The number of amides is 2. The first-order chi connectivity index (χ1) is 15.3. The van der Waals surface area contributed by atoms with Crippen LogP contribution in [-0.4, -0.2) is 38.1 Å². The second-order valence-corrected chi connectivity index (χ2v) is 6.62. The minimum absolute atomic E-state index is 0.111.